The molecular formula is C14H22ClNOS. The highest BCUT2D eigenvalue weighted by Gasteiger charge is 2.07. The van der Waals surface area contributed by atoms with E-state index in [2.05, 4.69) is 25.2 Å². The van der Waals surface area contributed by atoms with Gasteiger partial charge in [-0.15, -0.1) is 0 Å². The van der Waals surface area contributed by atoms with Gasteiger partial charge in [0.25, 0.3) is 0 Å². The Morgan fingerprint density at radius 3 is 2.83 bits per heavy atom. The molecule has 0 amide bonds. The van der Waals surface area contributed by atoms with Crippen molar-refractivity contribution in [1.82, 2.24) is 5.32 Å². The lowest BCUT2D eigenvalue weighted by Crippen LogP contribution is -2.12. The normalized spacial score (nSPS) is 12.4. The van der Waals surface area contributed by atoms with Crippen molar-refractivity contribution in [2.45, 2.75) is 26.3 Å². The van der Waals surface area contributed by atoms with Gasteiger partial charge < -0.3 is 10.1 Å². The van der Waals surface area contributed by atoms with Gasteiger partial charge >= 0.3 is 0 Å². The fourth-order valence-corrected chi connectivity index (χ4v) is 2.41. The molecule has 2 nitrogen and oxygen atoms in total. The zero-order chi connectivity index (χ0) is 13.4. The van der Waals surface area contributed by atoms with Crippen LogP contribution in [-0.4, -0.2) is 25.2 Å². The number of hydrogen-bond acceptors (Lipinski definition) is 3. The van der Waals surface area contributed by atoms with Crippen LogP contribution in [0.15, 0.2) is 18.2 Å². The quantitative estimate of drug-likeness (QED) is 0.726. The molecule has 0 saturated heterocycles. The molecule has 0 saturated carbocycles. The third-order valence-electron chi connectivity index (χ3n) is 2.78. The summed E-state index contributed by atoms with van der Waals surface area (Å²) < 4.78 is 5.69. The second-order valence-electron chi connectivity index (χ2n) is 4.10. The molecule has 18 heavy (non-hydrogen) atoms. The van der Waals surface area contributed by atoms with Crippen LogP contribution in [0.1, 0.15) is 31.9 Å². The zero-order valence-electron chi connectivity index (χ0n) is 11.3. The summed E-state index contributed by atoms with van der Waals surface area (Å²) in [5.41, 5.74) is 1.18. The van der Waals surface area contributed by atoms with Gasteiger partial charge in [0.05, 0.1) is 11.6 Å². The average Bonchev–Trinajstić information content (AvgIpc) is 2.39. The molecule has 0 aromatic heterocycles. The predicted octanol–water partition coefficient (Wildman–Crippen LogP) is 4.14. The largest absolute Gasteiger partial charge is 0.492 e. The highest BCUT2D eigenvalue weighted by molar-refractivity contribution is 7.99. The summed E-state index contributed by atoms with van der Waals surface area (Å²) in [5, 5.41) is 3.88. The Kier molecular flexibility index (Phi) is 7.56. The standard InChI is InChI=1S/C14H22ClNOS/c1-4-18-9-5-8-17-14-7-6-12(10-13(14)15)11(2)16-3/h6-7,10-11,16H,4-5,8-9H2,1-3H3. The van der Waals surface area contributed by atoms with Gasteiger partial charge in [-0.05, 0) is 49.6 Å². The number of halogens is 1. The van der Waals surface area contributed by atoms with Crippen molar-refractivity contribution >= 4 is 23.4 Å². The minimum atomic E-state index is 0.303. The molecule has 1 aromatic carbocycles. The molecular weight excluding hydrogens is 266 g/mol. The van der Waals surface area contributed by atoms with Crippen molar-refractivity contribution in [3.8, 4) is 5.75 Å². The molecule has 4 heteroatoms. The molecule has 0 heterocycles. The minimum Gasteiger partial charge on any atom is -0.492 e. The fourth-order valence-electron chi connectivity index (χ4n) is 1.56. The van der Waals surface area contributed by atoms with E-state index < -0.39 is 0 Å². The van der Waals surface area contributed by atoms with Crippen LogP contribution in [0.2, 0.25) is 5.02 Å². The van der Waals surface area contributed by atoms with Crippen LogP contribution in [0.3, 0.4) is 0 Å². The van der Waals surface area contributed by atoms with E-state index in [0.717, 1.165) is 30.3 Å². The highest BCUT2D eigenvalue weighted by Crippen LogP contribution is 2.28. The van der Waals surface area contributed by atoms with Crippen LogP contribution in [0.25, 0.3) is 0 Å². The first-order valence-corrected chi connectivity index (χ1v) is 7.89. The number of rotatable bonds is 8. The average molecular weight is 288 g/mol. The van der Waals surface area contributed by atoms with Crippen molar-refractivity contribution in [3.05, 3.63) is 28.8 Å². The molecule has 0 aliphatic carbocycles. The molecule has 1 aromatic rings. The molecule has 0 spiro atoms. The van der Waals surface area contributed by atoms with Gasteiger partial charge in [-0.1, -0.05) is 24.6 Å². The molecule has 0 fully saturated rings. The van der Waals surface area contributed by atoms with E-state index in [0.29, 0.717) is 11.1 Å². The first-order chi connectivity index (χ1) is 8.69. The summed E-state index contributed by atoms with van der Waals surface area (Å²) in [4.78, 5) is 0. The van der Waals surface area contributed by atoms with Gasteiger partial charge in [0.2, 0.25) is 0 Å². The lowest BCUT2D eigenvalue weighted by atomic mass is 10.1. The van der Waals surface area contributed by atoms with Crippen LogP contribution < -0.4 is 10.1 Å². The predicted molar refractivity (Wildman–Crippen MR) is 82.0 cm³/mol. The number of benzene rings is 1. The molecule has 1 unspecified atom stereocenters. The van der Waals surface area contributed by atoms with Gasteiger partial charge in [0, 0.05) is 6.04 Å². The maximum absolute atomic E-state index is 6.21. The minimum absolute atomic E-state index is 0.303. The maximum atomic E-state index is 6.21. The van der Waals surface area contributed by atoms with E-state index in [-0.39, 0.29) is 0 Å². The van der Waals surface area contributed by atoms with Crippen LogP contribution >= 0.6 is 23.4 Å². The summed E-state index contributed by atoms with van der Waals surface area (Å²) in [5.74, 6) is 3.09. The van der Waals surface area contributed by atoms with E-state index in [1.165, 1.54) is 5.56 Å². The van der Waals surface area contributed by atoms with Crippen LogP contribution in [-0.2, 0) is 0 Å². The monoisotopic (exact) mass is 287 g/mol. The number of ether oxygens (including phenoxy) is 1. The van der Waals surface area contributed by atoms with E-state index in [4.69, 9.17) is 16.3 Å². The Labute approximate surface area is 119 Å². The van der Waals surface area contributed by atoms with Crippen LogP contribution in [0.5, 0.6) is 5.75 Å². The SMILES string of the molecule is CCSCCCOc1ccc(C(C)NC)cc1Cl. The zero-order valence-corrected chi connectivity index (χ0v) is 12.9. The second-order valence-corrected chi connectivity index (χ2v) is 5.90. The van der Waals surface area contributed by atoms with Gasteiger partial charge in [-0.25, -0.2) is 0 Å². The smallest absolute Gasteiger partial charge is 0.137 e. The van der Waals surface area contributed by atoms with E-state index >= 15 is 0 Å². The third-order valence-corrected chi connectivity index (χ3v) is 4.06. The topological polar surface area (TPSA) is 21.3 Å². The number of hydrogen-bond donors (Lipinski definition) is 1. The van der Waals surface area contributed by atoms with Crippen molar-refractivity contribution in [3.63, 3.8) is 0 Å². The number of nitrogens with one attached hydrogen (secondary N) is 1. The Hall–Kier alpha value is -0.380. The van der Waals surface area contributed by atoms with Gasteiger partial charge in [0.15, 0.2) is 0 Å². The summed E-state index contributed by atoms with van der Waals surface area (Å²) in [6.07, 6.45) is 1.06. The maximum Gasteiger partial charge on any atom is 0.137 e. The Bertz CT molecular complexity index is 360. The Balaban J connectivity index is 2.47. The van der Waals surface area contributed by atoms with Crippen LogP contribution in [0.4, 0.5) is 0 Å². The summed E-state index contributed by atoms with van der Waals surface area (Å²) in [6.45, 7) is 5.01. The van der Waals surface area contributed by atoms with Crippen molar-refractivity contribution < 1.29 is 4.74 Å². The van der Waals surface area contributed by atoms with Crippen molar-refractivity contribution in [2.24, 2.45) is 0 Å². The Morgan fingerprint density at radius 1 is 1.44 bits per heavy atom. The van der Waals surface area contributed by atoms with Crippen LogP contribution in [0, 0.1) is 0 Å². The van der Waals surface area contributed by atoms with Gasteiger partial charge in [0.1, 0.15) is 5.75 Å². The molecule has 102 valence electrons. The highest BCUT2D eigenvalue weighted by atomic mass is 35.5. The van der Waals surface area contributed by atoms with Crippen molar-refractivity contribution in [1.29, 1.82) is 0 Å². The molecule has 0 radical (unpaired) electrons. The molecule has 0 aliphatic heterocycles. The summed E-state index contributed by atoms with van der Waals surface area (Å²) in [7, 11) is 1.94. The molecule has 1 N–H and O–H groups in total. The summed E-state index contributed by atoms with van der Waals surface area (Å²) in [6, 6.07) is 6.29. The van der Waals surface area contributed by atoms with E-state index in [1.54, 1.807) is 0 Å². The van der Waals surface area contributed by atoms with Crippen molar-refractivity contribution in [2.75, 3.05) is 25.2 Å². The number of thioether (sulfide) groups is 1. The molecule has 1 rings (SSSR count). The first kappa shape index (κ1) is 15.7. The molecule has 0 bridgehead atoms. The van der Waals surface area contributed by atoms with E-state index in [1.807, 2.05) is 30.9 Å². The first-order valence-electron chi connectivity index (χ1n) is 6.36. The lowest BCUT2D eigenvalue weighted by molar-refractivity contribution is 0.319. The Morgan fingerprint density at radius 2 is 2.22 bits per heavy atom. The molecule has 0 aliphatic rings. The lowest BCUT2D eigenvalue weighted by Gasteiger charge is -2.13. The fraction of sp³-hybridized carbons (Fsp3) is 0.571. The van der Waals surface area contributed by atoms with Gasteiger partial charge in [-0.3, -0.25) is 0 Å². The van der Waals surface area contributed by atoms with E-state index in [9.17, 15) is 0 Å². The third kappa shape index (κ3) is 5.09. The van der Waals surface area contributed by atoms with Gasteiger partial charge in [-0.2, -0.15) is 11.8 Å². The summed E-state index contributed by atoms with van der Waals surface area (Å²) >= 11 is 8.15. The second kappa shape index (κ2) is 8.68. The molecule has 1 atom stereocenters.